The van der Waals surface area contributed by atoms with E-state index in [0.29, 0.717) is 35.3 Å². The van der Waals surface area contributed by atoms with Gasteiger partial charge in [0.25, 0.3) is 6.01 Å². The molecule has 0 radical (unpaired) electrons. The minimum atomic E-state index is -0.531. The number of ether oxygens (including phenoxy) is 1. The van der Waals surface area contributed by atoms with E-state index in [1.807, 2.05) is 45.9 Å². The molecule has 8 nitrogen and oxygen atoms in total. The average molecular weight is 490 g/mol. The van der Waals surface area contributed by atoms with Gasteiger partial charge in [0.2, 0.25) is 0 Å². The maximum Gasteiger partial charge on any atom is 0.308 e. The predicted molar refractivity (Wildman–Crippen MR) is 142 cm³/mol. The van der Waals surface area contributed by atoms with Crippen molar-refractivity contribution in [3.05, 3.63) is 41.5 Å². The van der Waals surface area contributed by atoms with Crippen LogP contribution in [0.5, 0.6) is 0 Å². The number of rotatable bonds is 7. The third-order valence-electron chi connectivity index (χ3n) is 6.48. The van der Waals surface area contributed by atoms with Crippen molar-refractivity contribution in [2.24, 2.45) is 0 Å². The van der Waals surface area contributed by atoms with Gasteiger partial charge in [-0.2, -0.15) is 10.2 Å². The lowest BCUT2D eigenvalue weighted by molar-refractivity contribution is -0.154. The van der Waals surface area contributed by atoms with E-state index in [0.717, 1.165) is 41.9 Å². The number of anilines is 2. The first-order chi connectivity index (χ1) is 17.1. The largest absolute Gasteiger partial charge is 0.460 e. The number of aromatic nitrogens is 1. The molecule has 4 rings (SSSR count). The van der Waals surface area contributed by atoms with Crippen molar-refractivity contribution >= 4 is 28.8 Å². The Morgan fingerprint density at radius 1 is 1.31 bits per heavy atom. The van der Waals surface area contributed by atoms with Gasteiger partial charge in [0.05, 0.1) is 17.7 Å². The van der Waals surface area contributed by atoms with Crippen molar-refractivity contribution in [3.63, 3.8) is 0 Å². The normalized spacial score (nSPS) is 15.9. The van der Waals surface area contributed by atoms with Crippen LogP contribution in [-0.4, -0.2) is 61.2 Å². The topological polar surface area (TPSA) is 94.6 Å². The number of nitrogens with zero attached hydrogens (tertiary/aromatic N) is 4. The van der Waals surface area contributed by atoms with Crippen molar-refractivity contribution in [2.45, 2.75) is 52.2 Å². The second-order valence-electron chi connectivity index (χ2n) is 10.5. The predicted octanol–water partition coefficient (Wildman–Crippen LogP) is 4.96. The molecular weight excluding hydrogens is 454 g/mol. The summed E-state index contributed by atoms with van der Waals surface area (Å²) in [5.74, 6) is -0.293. The fourth-order valence-electron chi connectivity index (χ4n) is 4.75. The van der Waals surface area contributed by atoms with Crippen LogP contribution >= 0.6 is 0 Å². The maximum atomic E-state index is 12.1. The summed E-state index contributed by atoms with van der Waals surface area (Å²) in [5, 5.41) is 13.2. The quantitative estimate of drug-likeness (QED) is 0.466. The van der Waals surface area contributed by atoms with E-state index in [9.17, 15) is 10.1 Å². The highest BCUT2D eigenvalue weighted by Gasteiger charge is 2.31. The van der Waals surface area contributed by atoms with Gasteiger partial charge in [-0.1, -0.05) is 30.3 Å². The Kier molecular flexibility index (Phi) is 7.23. The smallest absolute Gasteiger partial charge is 0.308 e. The minimum absolute atomic E-state index is 0.179. The van der Waals surface area contributed by atoms with E-state index in [1.165, 1.54) is 0 Å². The monoisotopic (exact) mass is 489 g/mol. The standard InChI is InChI=1S/C28H35N5O3/c1-18-21(16-29)24-26(35-27(31-24)30-14-12-22(34)36-28(2,3)4)25(23(18)19-10-8-7-9-11-19)33-15-13-20(17-33)32(5)6/h7-11,20H,12-15,17H2,1-6H3,(H,30,31)/t20-/m0/s1. The zero-order chi connectivity index (χ0) is 26.0. The highest BCUT2D eigenvalue weighted by molar-refractivity contribution is 6.02. The van der Waals surface area contributed by atoms with Crippen LogP contribution in [0.4, 0.5) is 11.7 Å². The molecule has 1 aromatic heterocycles. The summed E-state index contributed by atoms with van der Waals surface area (Å²) < 4.78 is 11.7. The molecule has 0 bridgehead atoms. The Labute approximate surface area is 212 Å². The summed E-state index contributed by atoms with van der Waals surface area (Å²) in [6.45, 7) is 9.56. The number of carbonyl (C=O) groups is 1. The molecule has 0 saturated carbocycles. The molecule has 1 atom stereocenters. The van der Waals surface area contributed by atoms with Gasteiger partial charge in [-0.15, -0.1) is 0 Å². The van der Waals surface area contributed by atoms with E-state index in [4.69, 9.17) is 9.15 Å². The summed E-state index contributed by atoms with van der Waals surface area (Å²) in [4.78, 5) is 21.4. The summed E-state index contributed by atoms with van der Waals surface area (Å²) >= 11 is 0. The Bertz CT molecular complexity index is 1280. The Morgan fingerprint density at radius 3 is 2.64 bits per heavy atom. The fourth-order valence-corrected chi connectivity index (χ4v) is 4.75. The van der Waals surface area contributed by atoms with Crippen LogP contribution < -0.4 is 10.2 Å². The SMILES string of the molecule is Cc1c(-c2ccccc2)c(N2CC[C@H](N(C)C)C2)c2oc(NCCC(=O)OC(C)(C)C)nc2c1C#N. The molecule has 3 aromatic rings. The highest BCUT2D eigenvalue weighted by atomic mass is 16.6. The van der Waals surface area contributed by atoms with Crippen LogP contribution in [0, 0.1) is 18.3 Å². The Hall–Kier alpha value is -3.57. The molecule has 1 fully saturated rings. The van der Waals surface area contributed by atoms with Gasteiger partial charge in [-0.25, -0.2) is 0 Å². The van der Waals surface area contributed by atoms with E-state index < -0.39 is 5.60 Å². The van der Waals surface area contributed by atoms with Gasteiger partial charge in [-0.05, 0) is 59.3 Å². The Balaban J connectivity index is 1.76. The molecule has 8 heteroatoms. The number of hydrogen-bond donors (Lipinski definition) is 1. The summed E-state index contributed by atoms with van der Waals surface area (Å²) in [6, 6.07) is 13.2. The van der Waals surface area contributed by atoms with Gasteiger partial charge in [0.1, 0.15) is 17.2 Å². The molecule has 190 valence electrons. The van der Waals surface area contributed by atoms with Crippen LogP contribution in [-0.2, 0) is 9.53 Å². The first-order valence-electron chi connectivity index (χ1n) is 12.4. The van der Waals surface area contributed by atoms with Gasteiger partial charge >= 0.3 is 5.97 Å². The second-order valence-corrected chi connectivity index (χ2v) is 10.5. The van der Waals surface area contributed by atoms with Crippen LogP contribution in [0.25, 0.3) is 22.2 Å². The second kappa shape index (κ2) is 10.2. The number of likely N-dealkylation sites (N-methyl/N-ethyl adjacent to an activating group) is 1. The number of nitrogens with one attached hydrogen (secondary N) is 1. The number of benzene rings is 2. The molecule has 36 heavy (non-hydrogen) atoms. The average Bonchev–Trinajstić information content (AvgIpc) is 3.45. The van der Waals surface area contributed by atoms with Crippen molar-refractivity contribution in [1.82, 2.24) is 9.88 Å². The van der Waals surface area contributed by atoms with E-state index in [2.05, 4.69) is 52.4 Å². The van der Waals surface area contributed by atoms with Crippen molar-refractivity contribution in [3.8, 4) is 17.2 Å². The number of oxazole rings is 1. The molecule has 2 heterocycles. The summed E-state index contributed by atoms with van der Waals surface area (Å²) in [5.41, 5.74) is 4.98. The molecule has 2 aromatic carbocycles. The molecule has 0 unspecified atom stereocenters. The molecule has 0 spiro atoms. The molecular formula is C28H35N5O3. The lowest BCUT2D eigenvalue weighted by Crippen LogP contribution is -2.31. The molecule has 0 aliphatic carbocycles. The highest BCUT2D eigenvalue weighted by Crippen LogP contribution is 2.44. The van der Waals surface area contributed by atoms with Gasteiger partial charge in [-0.3, -0.25) is 4.79 Å². The Morgan fingerprint density at radius 2 is 2.03 bits per heavy atom. The maximum absolute atomic E-state index is 12.1. The molecule has 1 saturated heterocycles. The van der Waals surface area contributed by atoms with E-state index in [-0.39, 0.29) is 12.4 Å². The van der Waals surface area contributed by atoms with Gasteiger partial charge in [0, 0.05) is 31.2 Å². The zero-order valence-electron chi connectivity index (χ0n) is 22.0. The van der Waals surface area contributed by atoms with Crippen molar-refractivity contribution in [1.29, 1.82) is 5.26 Å². The number of nitriles is 1. The van der Waals surface area contributed by atoms with Crippen LogP contribution in [0.15, 0.2) is 34.7 Å². The van der Waals surface area contributed by atoms with Crippen LogP contribution in [0.1, 0.15) is 44.7 Å². The van der Waals surface area contributed by atoms with Gasteiger partial charge < -0.3 is 24.3 Å². The third-order valence-corrected chi connectivity index (χ3v) is 6.48. The summed E-state index contributed by atoms with van der Waals surface area (Å²) in [6.07, 6.45) is 1.22. The third kappa shape index (κ3) is 5.31. The van der Waals surface area contributed by atoms with Gasteiger partial charge in [0.15, 0.2) is 5.58 Å². The van der Waals surface area contributed by atoms with E-state index in [1.54, 1.807) is 0 Å². The van der Waals surface area contributed by atoms with Crippen molar-refractivity contribution in [2.75, 3.05) is 43.9 Å². The lowest BCUT2D eigenvalue weighted by atomic mass is 9.93. The zero-order valence-corrected chi connectivity index (χ0v) is 22.0. The minimum Gasteiger partial charge on any atom is -0.460 e. The molecule has 1 aliphatic rings. The first-order valence-corrected chi connectivity index (χ1v) is 12.4. The molecule has 1 aliphatic heterocycles. The number of hydrogen-bond acceptors (Lipinski definition) is 8. The first kappa shape index (κ1) is 25.5. The van der Waals surface area contributed by atoms with E-state index >= 15 is 0 Å². The molecule has 0 amide bonds. The van der Waals surface area contributed by atoms with Crippen molar-refractivity contribution < 1.29 is 13.9 Å². The number of esters is 1. The van der Waals surface area contributed by atoms with Crippen LogP contribution in [0.3, 0.4) is 0 Å². The number of fused-ring (bicyclic) bond motifs is 1. The molecule has 1 N–H and O–H groups in total. The number of carbonyl (C=O) groups excluding carboxylic acids is 1. The van der Waals surface area contributed by atoms with Crippen LogP contribution in [0.2, 0.25) is 0 Å². The fraction of sp³-hybridized carbons (Fsp3) is 0.464. The lowest BCUT2D eigenvalue weighted by Gasteiger charge is -2.25. The summed E-state index contributed by atoms with van der Waals surface area (Å²) in [7, 11) is 4.21.